The van der Waals surface area contributed by atoms with E-state index in [1.165, 1.54) is 0 Å². The van der Waals surface area contributed by atoms with Crippen molar-refractivity contribution < 1.29 is 9.90 Å². The predicted molar refractivity (Wildman–Crippen MR) is 81.0 cm³/mol. The van der Waals surface area contributed by atoms with E-state index in [0.717, 1.165) is 32.2 Å². The lowest BCUT2D eigenvalue weighted by molar-refractivity contribution is -0.117. The van der Waals surface area contributed by atoms with Crippen LogP contribution in [0.25, 0.3) is 0 Å². The summed E-state index contributed by atoms with van der Waals surface area (Å²) in [5, 5.41) is 12.3. The first-order valence-electron chi connectivity index (χ1n) is 7.10. The maximum absolute atomic E-state index is 12.1. The number of halogens is 1. The molecular formula is C15H21ClN2O2. The Kier molecular flexibility index (Phi) is 5.83. The quantitative estimate of drug-likeness (QED) is 0.848. The number of para-hydroxylation sites is 1. The number of hydrogen-bond donors (Lipinski definition) is 2. The first-order valence-corrected chi connectivity index (χ1v) is 7.48. The SMILES string of the molecule is O=C(CN1CCCC1CCCO)Nc1ccccc1Cl. The van der Waals surface area contributed by atoms with E-state index >= 15 is 0 Å². The van der Waals surface area contributed by atoms with Crippen LogP contribution in [0.2, 0.25) is 5.02 Å². The molecule has 1 aliphatic rings. The molecule has 1 atom stereocenters. The van der Waals surface area contributed by atoms with Crippen LogP contribution in [0, 0.1) is 0 Å². The van der Waals surface area contributed by atoms with Crippen molar-refractivity contribution in [2.45, 2.75) is 31.7 Å². The van der Waals surface area contributed by atoms with Crippen LogP contribution in [-0.4, -0.2) is 41.7 Å². The van der Waals surface area contributed by atoms with E-state index < -0.39 is 0 Å². The van der Waals surface area contributed by atoms with Crippen LogP contribution >= 0.6 is 11.6 Å². The highest BCUT2D eigenvalue weighted by Crippen LogP contribution is 2.23. The van der Waals surface area contributed by atoms with E-state index in [-0.39, 0.29) is 12.5 Å². The number of hydrogen-bond acceptors (Lipinski definition) is 3. The second-order valence-electron chi connectivity index (χ2n) is 5.16. The lowest BCUT2D eigenvalue weighted by Gasteiger charge is -2.23. The van der Waals surface area contributed by atoms with Gasteiger partial charge >= 0.3 is 0 Å². The zero-order valence-corrected chi connectivity index (χ0v) is 12.3. The fourth-order valence-electron chi connectivity index (χ4n) is 2.69. The molecule has 0 bridgehead atoms. The Morgan fingerprint density at radius 1 is 1.45 bits per heavy atom. The summed E-state index contributed by atoms with van der Waals surface area (Å²) in [4.78, 5) is 14.3. The van der Waals surface area contributed by atoms with Crippen molar-refractivity contribution >= 4 is 23.2 Å². The molecular weight excluding hydrogens is 276 g/mol. The molecule has 1 amide bonds. The van der Waals surface area contributed by atoms with E-state index in [2.05, 4.69) is 10.2 Å². The van der Waals surface area contributed by atoms with Crippen LogP contribution < -0.4 is 5.32 Å². The highest BCUT2D eigenvalue weighted by Gasteiger charge is 2.25. The first kappa shape index (κ1) is 15.3. The largest absolute Gasteiger partial charge is 0.396 e. The molecule has 0 spiro atoms. The third kappa shape index (κ3) is 4.20. The maximum atomic E-state index is 12.1. The van der Waals surface area contributed by atoms with E-state index in [1.54, 1.807) is 12.1 Å². The molecule has 1 fully saturated rings. The minimum Gasteiger partial charge on any atom is -0.396 e. The fraction of sp³-hybridized carbons (Fsp3) is 0.533. The van der Waals surface area contributed by atoms with Crippen LogP contribution in [0.4, 0.5) is 5.69 Å². The standard InChI is InChI=1S/C15H21ClN2O2/c16-13-7-1-2-8-14(13)17-15(20)11-18-9-3-5-12(18)6-4-10-19/h1-2,7-8,12,19H,3-6,9-11H2,(H,17,20). The van der Waals surface area contributed by atoms with Gasteiger partial charge in [0.15, 0.2) is 0 Å². The molecule has 1 aromatic rings. The molecule has 0 aromatic heterocycles. The molecule has 0 aliphatic carbocycles. The lowest BCUT2D eigenvalue weighted by atomic mass is 10.1. The molecule has 5 heteroatoms. The number of likely N-dealkylation sites (tertiary alicyclic amines) is 1. The molecule has 1 aliphatic heterocycles. The van der Waals surface area contributed by atoms with Gasteiger partial charge in [-0.3, -0.25) is 9.69 Å². The van der Waals surface area contributed by atoms with Crippen molar-refractivity contribution in [1.82, 2.24) is 4.90 Å². The topological polar surface area (TPSA) is 52.6 Å². The average Bonchev–Trinajstić information content (AvgIpc) is 2.86. The second-order valence-corrected chi connectivity index (χ2v) is 5.57. The first-order chi connectivity index (χ1) is 9.70. The van der Waals surface area contributed by atoms with E-state index in [9.17, 15) is 4.79 Å². The molecule has 1 aromatic carbocycles. The van der Waals surface area contributed by atoms with Crippen molar-refractivity contribution in [1.29, 1.82) is 0 Å². The predicted octanol–water partition coefficient (Wildman–Crippen LogP) is 2.52. The number of aliphatic hydroxyl groups is 1. The minimum atomic E-state index is -0.0333. The zero-order chi connectivity index (χ0) is 14.4. The Bertz CT molecular complexity index is 453. The highest BCUT2D eigenvalue weighted by molar-refractivity contribution is 6.33. The van der Waals surface area contributed by atoms with Crippen LogP contribution in [0.1, 0.15) is 25.7 Å². The smallest absolute Gasteiger partial charge is 0.238 e. The lowest BCUT2D eigenvalue weighted by Crippen LogP contribution is -2.36. The summed E-state index contributed by atoms with van der Waals surface area (Å²) in [5.74, 6) is -0.0333. The third-order valence-electron chi connectivity index (χ3n) is 3.69. The third-order valence-corrected chi connectivity index (χ3v) is 4.02. The summed E-state index contributed by atoms with van der Waals surface area (Å²) >= 11 is 6.03. The van der Waals surface area contributed by atoms with Gasteiger partial charge in [-0.25, -0.2) is 0 Å². The molecule has 110 valence electrons. The molecule has 20 heavy (non-hydrogen) atoms. The number of rotatable bonds is 6. The van der Waals surface area contributed by atoms with Gasteiger partial charge in [-0.15, -0.1) is 0 Å². The summed E-state index contributed by atoms with van der Waals surface area (Å²) in [5.41, 5.74) is 0.658. The van der Waals surface area contributed by atoms with Gasteiger partial charge in [0.25, 0.3) is 0 Å². The molecule has 1 saturated heterocycles. The summed E-state index contributed by atoms with van der Waals surface area (Å²) in [6.07, 6.45) is 3.98. The molecule has 2 N–H and O–H groups in total. The summed E-state index contributed by atoms with van der Waals surface area (Å²) in [7, 11) is 0. The van der Waals surface area contributed by atoms with Gasteiger partial charge in [-0.1, -0.05) is 23.7 Å². The van der Waals surface area contributed by atoms with Crippen LogP contribution in [0.15, 0.2) is 24.3 Å². The van der Waals surface area contributed by atoms with Gasteiger partial charge in [-0.05, 0) is 44.4 Å². The van der Waals surface area contributed by atoms with Crippen molar-refractivity contribution in [2.75, 3.05) is 25.0 Å². The van der Waals surface area contributed by atoms with Crippen LogP contribution in [-0.2, 0) is 4.79 Å². The fourth-order valence-corrected chi connectivity index (χ4v) is 2.88. The number of carbonyl (C=O) groups is 1. The van der Waals surface area contributed by atoms with E-state index in [1.807, 2.05) is 12.1 Å². The molecule has 1 unspecified atom stereocenters. The number of nitrogens with zero attached hydrogens (tertiary/aromatic N) is 1. The van der Waals surface area contributed by atoms with Gasteiger partial charge in [0.05, 0.1) is 17.3 Å². The van der Waals surface area contributed by atoms with E-state index in [4.69, 9.17) is 16.7 Å². The normalized spacial score (nSPS) is 19.2. The molecule has 4 nitrogen and oxygen atoms in total. The van der Waals surface area contributed by atoms with Crippen LogP contribution in [0.3, 0.4) is 0 Å². The van der Waals surface area contributed by atoms with Gasteiger partial charge in [0.1, 0.15) is 0 Å². The number of nitrogens with one attached hydrogen (secondary N) is 1. The Hall–Kier alpha value is -1.10. The zero-order valence-electron chi connectivity index (χ0n) is 11.5. The summed E-state index contributed by atoms with van der Waals surface area (Å²) in [6.45, 7) is 1.56. The van der Waals surface area contributed by atoms with Gasteiger partial charge < -0.3 is 10.4 Å². The Morgan fingerprint density at radius 2 is 2.25 bits per heavy atom. The molecule has 0 saturated carbocycles. The molecule has 1 heterocycles. The Morgan fingerprint density at radius 3 is 3.00 bits per heavy atom. The highest BCUT2D eigenvalue weighted by atomic mass is 35.5. The number of carbonyl (C=O) groups excluding carboxylic acids is 1. The maximum Gasteiger partial charge on any atom is 0.238 e. The van der Waals surface area contributed by atoms with Crippen molar-refractivity contribution in [3.63, 3.8) is 0 Å². The Balaban J connectivity index is 1.86. The number of amides is 1. The van der Waals surface area contributed by atoms with Crippen molar-refractivity contribution in [2.24, 2.45) is 0 Å². The summed E-state index contributed by atoms with van der Waals surface area (Å²) in [6, 6.07) is 7.66. The Labute approximate surface area is 124 Å². The second kappa shape index (κ2) is 7.62. The minimum absolute atomic E-state index is 0.0333. The molecule has 0 radical (unpaired) electrons. The number of benzene rings is 1. The van der Waals surface area contributed by atoms with E-state index in [0.29, 0.717) is 23.3 Å². The number of anilines is 1. The monoisotopic (exact) mass is 296 g/mol. The average molecular weight is 297 g/mol. The molecule has 2 rings (SSSR count). The van der Waals surface area contributed by atoms with Crippen molar-refractivity contribution in [3.8, 4) is 0 Å². The number of aliphatic hydroxyl groups excluding tert-OH is 1. The van der Waals surface area contributed by atoms with Gasteiger partial charge in [0.2, 0.25) is 5.91 Å². The summed E-state index contributed by atoms with van der Waals surface area (Å²) < 4.78 is 0. The van der Waals surface area contributed by atoms with Gasteiger partial charge in [0, 0.05) is 12.6 Å². The van der Waals surface area contributed by atoms with Gasteiger partial charge in [-0.2, -0.15) is 0 Å². The van der Waals surface area contributed by atoms with Crippen molar-refractivity contribution in [3.05, 3.63) is 29.3 Å². The van der Waals surface area contributed by atoms with Crippen LogP contribution in [0.5, 0.6) is 0 Å².